The van der Waals surface area contributed by atoms with Crippen molar-refractivity contribution in [2.75, 3.05) is 0 Å². The van der Waals surface area contributed by atoms with Crippen LogP contribution in [0.3, 0.4) is 0 Å². The number of benzene rings is 1. The second-order valence-electron chi connectivity index (χ2n) is 3.76. The van der Waals surface area contributed by atoms with Crippen LogP contribution in [0.15, 0.2) is 18.2 Å². The lowest BCUT2D eigenvalue weighted by Crippen LogP contribution is -2.32. The molecule has 0 aliphatic carbocycles. The lowest BCUT2D eigenvalue weighted by Gasteiger charge is -2.23. The highest BCUT2D eigenvalue weighted by atomic mass is 14.9. The Morgan fingerprint density at radius 2 is 2.17 bits per heavy atom. The zero-order valence-electron chi connectivity index (χ0n) is 7.72. The Kier molecular flexibility index (Phi) is 1.89. The summed E-state index contributed by atoms with van der Waals surface area (Å²) in [5.41, 5.74) is 4.38. The predicted octanol–water partition coefficient (Wildman–Crippen LogP) is 2.03. The van der Waals surface area contributed by atoms with E-state index >= 15 is 0 Å². The Morgan fingerprint density at radius 3 is 3.00 bits per heavy atom. The number of rotatable bonds is 0. The molecule has 64 valence electrons. The van der Waals surface area contributed by atoms with Crippen molar-refractivity contribution in [3.63, 3.8) is 0 Å². The van der Waals surface area contributed by atoms with E-state index in [0.29, 0.717) is 6.04 Å². The lowest BCUT2D eigenvalue weighted by atomic mass is 9.95. The minimum absolute atomic E-state index is 0.638. The molecule has 1 N–H and O–H groups in total. The SMILES string of the molecule is Cc1ccc2c(c1)C[C@@H](C)NC2. The molecule has 0 saturated heterocycles. The molecule has 0 radical (unpaired) electrons. The van der Waals surface area contributed by atoms with Gasteiger partial charge in [0.1, 0.15) is 0 Å². The summed E-state index contributed by atoms with van der Waals surface area (Å²) in [5, 5.41) is 3.46. The number of hydrogen-bond acceptors (Lipinski definition) is 1. The van der Waals surface area contributed by atoms with Gasteiger partial charge in [-0.05, 0) is 31.4 Å². The van der Waals surface area contributed by atoms with E-state index in [0.717, 1.165) is 6.54 Å². The highest BCUT2D eigenvalue weighted by Crippen LogP contribution is 2.17. The van der Waals surface area contributed by atoms with Crippen molar-refractivity contribution in [2.24, 2.45) is 0 Å². The van der Waals surface area contributed by atoms with Crippen LogP contribution in [-0.4, -0.2) is 6.04 Å². The van der Waals surface area contributed by atoms with Gasteiger partial charge in [-0.3, -0.25) is 0 Å². The molecule has 0 bridgehead atoms. The number of nitrogens with one attached hydrogen (secondary N) is 1. The van der Waals surface area contributed by atoms with Gasteiger partial charge in [-0.15, -0.1) is 0 Å². The largest absolute Gasteiger partial charge is 0.310 e. The van der Waals surface area contributed by atoms with Crippen molar-refractivity contribution in [2.45, 2.75) is 32.9 Å². The molecule has 1 aromatic carbocycles. The maximum atomic E-state index is 3.46. The Labute approximate surface area is 73.8 Å². The van der Waals surface area contributed by atoms with Gasteiger partial charge in [0.05, 0.1) is 0 Å². The minimum atomic E-state index is 0.638. The van der Waals surface area contributed by atoms with Crippen LogP contribution in [0.25, 0.3) is 0 Å². The average Bonchev–Trinajstić information content (AvgIpc) is 2.03. The van der Waals surface area contributed by atoms with Gasteiger partial charge in [-0.25, -0.2) is 0 Å². The molecule has 1 heterocycles. The predicted molar refractivity (Wildman–Crippen MR) is 51.2 cm³/mol. The average molecular weight is 161 g/mol. The standard InChI is InChI=1S/C11H15N/c1-8-3-4-10-7-12-9(2)6-11(10)5-8/h3-5,9,12H,6-7H2,1-2H3/t9-/m1/s1. The summed E-state index contributed by atoms with van der Waals surface area (Å²) in [4.78, 5) is 0. The molecule has 1 atom stereocenters. The second-order valence-corrected chi connectivity index (χ2v) is 3.76. The number of aryl methyl sites for hydroxylation is 1. The fraction of sp³-hybridized carbons (Fsp3) is 0.455. The topological polar surface area (TPSA) is 12.0 Å². The smallest absolute Gasteiger partial charge is 0.0210 e. The molecule has 0 aromatic heterocycles. The summed E-state index contributed by atoms with van der Waals surface area (Å²) in [6.45, 7) is 5.44. The van der Waals surface area contributed by atoms with Crippen LogP contribution in [0.1, 0.15) is 23.6 Å². The van der Waals surface area contributed by atoms with Crippen LogP contribution >= 0.6 is 0 Å². The van der Waals surface area contributed by atoms with Crippen LogP contribution in [0.2, 0.25) is 0 Å². The van der Waals surface area contributed by atoms with Crippen molar-refractivity contribution in [3.05, 3.63) is 34.9 Å². The van der Waals surface area contributed by atoms with E-state index in [9.17, 15) is 0 Å². The van der Waals surface area contributed by atoms with E-state index in [-0.39, 0.29) is 0 Å². The first-order valence-electron chi connectivity index (χ1n) is 4.57. The molecular formula is C11H15N. The third-order valence-electron chi connectivity index (χ3n) is 2.53. The summed E-state index contributed by atoms with van der Waals surface area (Å²) < 4.78 is 0. The van der Waals surface area contributed by atoms with Crippen LogP contribution in [0.4, 0.5) is 0 Å². The van der Waals surface area contributed by atoms with E-state index in [2.05, 4.69) is 37.4 Å². The van der Waals surface area contributed by atoms with Crippen molar-refractivity contribution in [3.8, 4) is 0 Å². The monoisotopic (exact) mass is 161 g/mol. The molecule has 0 amide bonds. The molecule has 0 saturated carbocycles. The molecule has 1 aromatic rings. The Balaban J connectivity index is 2.37. The molecule has 1 aliphatic heterocycles. The fourth-order valence-electron chi connectivity index (χ4n) is 1.80. The molecule has 0 fully saturated rings. The van der Waals surface area contributed by atoms with E-state index in [1.54, 1.807) is 0 Å². The van der Waals surface area contributed by atoms with E-state index in [4.69, 9.17) is 0 Å². The molecule has 0 spiro atoms. The van der Waals surface area contributed by atoms with Gasteiger partial charge in [-0.1, -0.05) is 23.8 Å². The molecule has 1 nitrogen and oxygen atoms in total. The third-order valence-corrected chi connectivity index (χ3v) is 2.53. The van der Waals surface area contributed by atoms with Gasteiger partial charge in [-0.2, -0.15) is 0 Å². The third kappa shape index (κ3) is 1.37. The van der Waals surface area contributed by atoms with E-state index in [1.807, 2.05) is 0 Å². The molecule has 0 unspecified atom stereocenters. The summed E-state index contributed by atoms with van der Waals surface area (Å²) in [6, 6.07) is 7.38. The van der Waals surface area contributed by atoms with Crippen LogP contribution < -0.4 is 5.32 Å². The molecule has 12 heavy (non-hydrogen) atoms. The first kappa shape index (κ1) is 7.81. The van der Waals surface area contributed by atoms with Gasteiger partial charge >= 0.3 is 0 Å². The Bertz CT molecular complexity index is 291. The van der Waals surface area contributed by atoms with E-state index < -0.39 is 0 Å². The lowest BCUT2D eigenvalue weighted by molar-refractivity contribution is 0.513. The zero-order chi connectivity index (χ0) is 8.55. The van der Waals surface area contributed by atoms with Gasteiger partial charge < -0.3 is 5.32 Å². The molecule has 2 rings (SSSR count). The van der Waals surface area contributed by atoms with Crippen LogP contribution in [0.5, 0.6) is 0 Å². The number of hydrogen-bond donors (Lipinski definition) is 1. The summed E-state index contributed by atoms with van der Waals surface area (Å²) >= 11 is 0. The Morgan fingerprint density at radius 1 is 1.33 bits per heavy atom. The fourth-order valence-corrected chi connectivity index (χ4v) is 1.80. The van der Waals surface area contributed by atoms with Gasteiger partial charge in [0.15, 0.2) is 0 Å². The van der Waals surface area contributed by atoms with Gasteiger partial charge in [0.25, 0.3) is 0 Å². The van der Waals surface area contributed by atoms with Crippen molar-refractivity contribution in [1.29, 1.82) is 0 Å². The maximum absolute atomic E-state index is 3.46. The van der Waals surface area contributed by atoms with Crippen molar-refractivity contribution >= 4 is 0 Å². The summed E-state index contributed by atoms with van der Waals surface area (Å²) in [7, 11) is 0. The maximum Gasteiger partial charge on any atom is 0.0210 e. The first-order chi connectivity index (χ1) is 5.75. The highest BCUT2D eigenvalue weighted by molar-refractivity contribution is 5.33. The second kappa shape index (κ2) is 2.91. The quantitative estimate of drug-likeness (QED) is 0.614. The van der Waals surface area contributed by atoms with Gasteiger partial charge in [0, 0.05) is 12.6 Å². The first-order valence-corrected chi connectivity index (χ1v) is 4.57. The Hall–Kier alpha value is -0.820. The minimum Gasteiger partial charge on any atom is -0.310 e. The molecule has 1 aliphatic rings. The summed E-state index contributed by atoms with van der Waals surface area (Å²) in [6.07, 6.45) is 1.18. The van der Waals surface area contributed by atoms with Crippen molar-refractivity contribution in [1.82, 2.24) is 5.32 Å². The zero-order valence-corrected chi connectivity index (χ0v) is 7.72. The normalized spacial score (nSPS) is 22.0. The summed E-state index contributed by atoms with van der Waals surface area (Å²) in [5.74, 6) is 0. The number of fused-ring (bicyclic) bond motifs is 1. The highest BCUT2D eigenvalue weighted by Gasteiger charge is 2.13. The molecular weight excluding hydrogens is 146 g/mol. The van der Waals surface area contributed by atoms with Crippen LogP contribution in [-0.2, 0) is 13.0 Å². The van der Waals surface area contributed by atoms with Crippen LogP contribution in [0, 0.1) is 6.92 Å². The van der Waals surface area contributed by atoms with Gasteiger partial charge in [0.2, 0.25) is 0 Å². The van der Waals surface area contributed by atoms with Crippen molar-refractivity contribution < 1.29 is 0 Å². The van der Waals surface area contributed by atoms with E-state index in [1.165, 1.54) is 23.1 Å². The molecule has 1 heteroatoms.